The van der Waals surface area contributed by atoms with E-state index in [9.17, 15) is 32.9 Å². The maximum atomic E-state index is 14.8. The number of ether oxygens (including phenoxy) is 1. The Morgan fingerprint density at radius 2 is 1.89 bits per heavy atom. The van der Waals surface area contributed by atoms with E-state index in [0.29, 0.717) is 34.1 Å². The number of aromatic nitrogens is 4. The lowest BCUT2D eigenvalue weighted by Gasteiger charge is -2.22. The van der Waals surface area contributed by atoms with Crippen LogP contribution < -0.4 is 15.4 Å². The number of thiazole rings is 1. The highest BCUT2D eigenvalue weighted by Crippen LogP contribution is 2.44. The van der Waals surface area contributed by atoms with Crippen LogP contribution in [0, 0.1) is 18.7 Å². The summed E-state index contributed by atoms with van der Waals surface area (Å²) in [4.78, 5) is 18.7. The van der Waals surface area contributed by atoms with E-state index in [1.165, 1.54) is 17.4 Å². The standard InChI is InChI=1S/C29H30F4N6O4S/c1-12(17-6-5-16(10-18(17)30)43-29(31,32)33)35-28-36-13(2)21(26(39-28)37-19-9-15(11-40)24(41)25(19)42)27-38-23-20(44-27)7-8-34-22(23)14-3-4-14/h5-8,10,12,14-15,19,24-25,40-42H,3-4,9,11H2,1-2H3,(H2,35,36,37,39)/t12-,15+,19?,24+,25-/m0/s1. The number of aliphatic hydroxyl groups is 3. The summed E-state index contributed by atoms with van der Waals surface area (Å²) < 4.78 is 57.3. The van der Waals surface area contributed by atoms with E-state index in [1.54, 1.807) is 20.0 Å². The molecular formula is C29H30F4N6O4S. The normalized spacial score (nSPS) is 22.8. The number of nitrogens with one attached hydrogen (secondary N) is 2. The monoisotopic (exact) mass is 634 g/mol. The molecule has 2 aliphatic carbocycles. The van der Waals surface area contributed by atoms with Crippen LogP contribution in [0.25, 0.3) is 20.8 Å². The molecule has 0 bridgehead atoms. The minimum absolute atomic E-state index is 0.0609. The van der Waals surface area contributed by atoms with E-state index in [4.69, 9.17) is 4.98 Å². The van der Waals surface area contributed by atoms with Gasteiger partial charge in [0.25, 0.3) is 0 Å². The van der Waals surface area contributed by atoms with Crippen molar-refractivity contribution in [1.29, 1.82) is 0 Å². The zero-order valence-electron chi connectivity index (χ0n) is 23.6. The molecule has 0 amide bonds. The highest BCUT2D eigenvalue weighted by molar-refractivity contribution is 7.21. The third-order valence-electron chi connectivity index (χ3n) is 7.98. The van der Waals surface area contributed by atoms with Crippen LogP contribution in [0.3, 0.4) is 0 Å². The number of benzene rings is 1. The van der Waals surface area contributed by atoms with Gasteiger partial charge in [-0.05, 0) is 45.2 Å². The van der Waals surface area contributed by atoms with Gasteiger partial charge < -0.3 is 30.7 Å². The second kappa shape index (κ2) is 11.7. The number of alkyl halides is 3. The van der Waals surface area contributed by atoms with Crippen LogP contribution in [0.4, 0.5) is 29.3 Å². The Hall–Kier alpha value is -3.66. The number of fused-ring (bicyclic) bond motifs is 1. The minimum atomic E-state index is -4.95. The molecule has 1 aromatic carbocycles. The topological polar surface area (TPSA) is 146 Å². The highest BCUT2D eigenvalue weighted by atomic mass is 32.1. The van der Waals surface area contributed by atoms with E-state index in [-0.39, 0.29) is 24.5 Å². The second-order valence-electron chi connectivity index (χ2n) is 11.2. The zero-order valence-corrected chi connectivity index (χ0v) is 24.5. The number of hydrogen-bond donors (Lipinski definition) is 5. The summed E-state index contributed by atoms with van der Waals surface area (Å²) >= 11 is 1.44. The van der Waals surface area contributed by atoms with Crippen LogP contribution in [0.2, 0.25) is 0 Å². The highest BCUT2D eigenvalue weighted by Gasteiger charge is 2.42. The summed E-state index contributed by atoms with van der Waals surface area (Å²) in [5, 5.41) is 37.7. The summed E-state index contributed by atoms with van der Waals surface area (Å²) in [5.74, 6) is -1.36. The van der Waals surface area contributed by atoms with Crippen LogP contribution in [0.15, 0.2) is 30.5 Å². The Labute approximate surface area is 253 Å². The first-order chi connectivity index (χ1) is 20.9. The maximum Gasteiger partial charge on any atom is 0.573 e. The molecule has 0 radical (unpaired) electrons. The van der Waals surface area contributed by atoms with Crippen molar-refractivity contribution in [2.75, 3.05) is 17.2 Å². The van der Waals surface area contributed by atoms with E-state index in [1.807, 2.05) is 6.07 Å². The molecule has 4 aromatic rings. The van der Waals surface area contributed by atoms with Crippen molar-refractivity contribution < 1.29 is 37.6 Å². The SMILES string of the molecule is Cc1nc(N[C@@H](C)c2ccc(OC(F)(F)F)cc2F)nc(NC2C[C@H](CO)[C@@H](O)[C@H]2O)c1-c1nc2c(C3CC3)nccc2s1. The van der Waals surface area contributed by atoms with Gasteiger partial charge in [-0.25, -0.2) is 14.4 Å². The summed E-state index contributed by atoms with van der Waals surface area (Å²) in [6.45, 7) is 3.05. The van der Waals surface area contributed by atoms with Gasteiger partial charge in [0.05, 0.1) is 39.8 Å². The largest absolute Gasteiger partial charge is 0.573 e. The lowest BCUT2D eigenvalue weighted by molar-refractivity contribution is -0.274. The van der Waals surface area contributed by atoms with Crippen molar-refractivity contribution in [2.45, 2.75) is 69.7 Å². The van der Waals surface area contributed by atoms with Gasteiger partial charge >= 0.3 is 6.36 Å². The Morgan fingerprint density at radius 1 is 1.11 bits per heavy atom. The zero-order chi connectivity index (χ0) is 31.3. The summed E-state index contributed by atoms with van der Waals surface area (Å²) in [6.07, 6.45) is -3.12. The number of anilines is 2. The van der Waals surface area contributed by atoms with Crippen LogP contribution in [-0.2, 0) is 0 Å². The van der Waals surface area contributed by atoms with Crippen LogP contribution in [-0.4, -0.2) is 66.5 Å². The first kappa shape index (κ1) is 30.4. The number of aryl methyl sites for hydroxylation is 1. The molecule has 0 saturated heterocycles. The Balaban J connectivity index is 1.35. The average Bonchev–Trinajstić information content (AvgIpc) is 3.65. The number of pyridine rings is 1. The van der Waals surface area contributed by atoms with E-state index in [2.05, 4.69) is 30.3 Å². The Morgan fingerprint density at radius 3 is 2.55 bits per heavy atom. The van der Waals surface area contributed by atoms with Gasteiger partial charge in [0.15, 0.2) is 0 Å². The van der Waals surface area contributed by atoms with Gasteiger partial charge in [-0.3, -0.25) is 4.98 Å². The fraction of sp³-hybridized carbons (Fsp3) is 0.448. The Bertz CT molecular complexity index is 1680. The smallest absolute Gasteiger partial charge is 0.406 e. The molecule has 5 atom stereocenters. The molecule has 44 heavy (non-hydrogen) atoms. The first-order valence-electron chi connectivity index (χ1n) is 14.1. The maximum absolute atomic E-state index is 14.8. The van der Waals surface area contributed by atoms with Crippen molar-refractivity contribution in [3.05, 3.63) is 53.2 Å². The third-order valence-corrected chi connectivity index (χ3v) is 9.02. The molecule has 2 saturated carbocycles. The van der Waals surface area contributed by atoms with Gasteiger partial charge in [-0.15, -0.1) is 24.5 Å². The van der Waals surface area contributed by atoms with Crippen molar-refractivity contribution >= 4 is 33.3 Å². The van der Waals surface area contributed by atoms with Gasteiger partial charge in [-0.2, -0.15) is 4.98 Å². The lowest BCUT2D eigenvalue weighted by Crippen LogP contribution is -2.35. The van der Waals surface area contributed by atoms with Gasteiger partial charge in [0.1, 0.15) is 34.0 Å². The summed E-state index contributed by atoms with van der Waals surface area (Å²) in [5.41, 5.74) is 2.89. The first-order valence-corrected chi connectivity index (χ1v) is 14.9. The van der Waals surface area contributed by atoms with Crippen molar-refractivity contribution in [2.24, 2.45) is 5.92 Å². The molecule has 0 aliphatic heterocycles. The molecule has 5 N–H and O–H groups in total. The minimum Gasteiger partial charge on any atom is -0.406 e. The average molecular weight is 635 g/mol. The fourth-order valence-electron chi connectivity index (χ4n) is 5.59. The molecule has 1 unspecified atom stereocenters. The predicted octanol–water partition coefficient (Wildman–Crippen LogP) is 5.06. The van der Waals surface area contributed by atoms with Gasteiger partial charge in [0, 0.05) is 36.3 Å². The number of halogens is 4. The van der Waals surface area contributed by atoms with Crippen LogP contribution in [0.1, 0.15) is 55.1 Å². The van der Waals surface area contributed by atoms with Crippen LogP contribution >= 0.6 is 11.3 Å². The van der Waals surface area contributed by atoms with Crippen molar-refractivity contribution in [1.82, 2.24) is 19.9 Å². The number of hydrogen-bond acceptors (Lipinski definition) is 11. The molecule has 2 aliphatic rings. The second-order valence-corrected chi connectivity index (χ2v) is 12.2. The van der Waals surface area contributed by atoms with Gasteiger partial charge in [0.2, 0.25) is 5.95 Å². The fourth-order valence-corrected chi connectivity index (χ4v) is 6.65. The molecule has 6 rings (SSSR count). The lowest BCUT2D eigenvalue weighted by atomic mass is 10.1. The molecule has 15 heteroatoms. The van der Waals surface area contributed by atoms with Gasteiger partial charge in [-0.1, -0.05) is 6.07 Å². The van der Waals surface area contributed by atoms with Crippen molar-refractivity contribution in [3.8, 4) is 16.3 Å². The molecule has 3 aromatic heterocycles. The molecule has 10 nitrogen and oxygen atoms in total. The van der Waals surface area contributed by atoms with E-state index >= 15 is 0 Å². The predicted molar refractivity (Wildman–Crippen MR) is 155 cm³/mol. The molecule has 234 valence electrons. The summed E-state index contributed by atoms with van der Waals surface area (Å²) in [7, 11) is 0. The summed E-state index contributed by atoms with van der Waals surface area (Å²) in [6, 6.07) is 3.34. The van der Waals surface area contributed by atoms with E-state index in [0.717, 1.165) is 34.8 Å². The van der Waals surface area contributed by atoms with Crippen molar-refractivity contribution in [3.63, 3.8) is 0 Å². The molecule has 2 fully saturated rings. The molecule has 0 spiro atoms. The molecule has 3 heterocycles. The number of aliphatic hydroxyl groups excluding tert-OH is 3. The number of nitrogens with zero attached hydrogens (tertiary/aromatic N) is 4. The third kappa shape index (κ3) is 6.14. The van der Waals surface area contributed by atoms with E-state index < -0.39 is 48.1 Å². The molecular weight excluding hydrogens is 604 g/mol. The quantitative estimate of drug-likeness (QED) is 0.159. The van der Waals surface area contributed by atoms with Crippen LogP contribution in [0.5, 0.6) is 5.75 Å². The Kier molecular flexibility index (Phi) is 8.07. The number of rotatable bonds is 9.